The summed E-state index contributed by atoms with van der Waals surface area (Å²) in [5.41, 5.74) is 8.46. The quantitative estimate of drug-likeness (QED) is 0.941. The maximum absolute atomic E-state index is 12.6. The van der Waals surface area contributed by atoms with Gasteiger partial charge >= 0.3 is 0 Å². The van der Waals surface area contributed by atoms with Crippen LogP contribution in [-0.4, -0.2) is 15.5 Å². The molecule has 22 heavy (non-hydrogen) atoms. The summed E-state index contributed by atoms with van der Waals surface area (Å²) in [5, 5.41) is 13.6. The van der Waals surface area contributed by atoms with Crippen molar-refractivity contribution in [3.8, 4) is 5.69 Å². The SMILES string of the molecule is CC1c2c(C(C(N)=O)C3CC3)ncn2-c2ccccc2N1[O-]. The Kier molecular flexibility index (Phi) is 2.77. The molecule has 0 bridgehead atoms. The molecular weight excluding hydrogens is 280 g/mol. The van der Waals surface area contributed by atoms with Crippen molar-refractivity contribution < 1.29 is 4.79 Å². The number of fused-ring (bicyclic) bond motifs is 3. The number of nitrogens with two attached hydrogens (primary N) is 1. The number of nitrogens with zero attached hydrogens (tertiary/aromatic N) is 3. The number of carbonyl (C=O) groups excluding carboxylic acids is 1. The molecule has 2 aliphatic rings. The third kappa shape index (κ3) is 1.77. The van der Waals surface area contributed by atoms with Gasteiger partial charge in [-0.15, -0.1) is 0 Å². The van der Waals surface area contributed by atoms with Crippen molar-refractivity contribution in [3.05, 3.63) is 47.2 Å². The summed E-state index contributed by atoms with van der Waals surface area (Å²) in [6.07, 6.45) is 3.68. The predicted molar refractivity (Wildman–Crippen MR) is 82.5 cm³/mol. The smallest absolute Gasteiger partial charge is 0.226 e. The Balaban J connectivity index is 1.90. The van der Waals surface area contributed by atoms with E-state index in [0.29, 0.717) is 11.4 Å². The van der Waals surface area contributed by atoms with Crippen LogP contribution in [-0.2, 0) is 4.79 Å². The molecule has 1 aliphatic heterocycles. The molecule has 2 unspecified atom stereocenters. The largest absolute Gasteiger partial charge is 0.758 e. The van der Waals surface area contributed by atoms with Crippen LogP contribution < -0.4 is 10.8 Å². The van der Waals surface area contributed by atoms with Crippen LogP contribution in [0.15, 0.2) is 30.6 Å². The summed E-state index contributed by atoms with van der Waals surface area (Å²) in [5.74, 6) is -0.480. The van der Waals surface area contributed by atoms with E-state index in [9.17, 15) is 10.0 Å². The zero-order valence-electron chi connectivity index (χ0n) is 12.3. The van der Waals surface area contributed by atoms with Gasteiger partial charge in [-0.2, -0.15) is 0 Å². The van der Waals surface area contributed by atoms with Crippen molar-refractivity contribution in [2.24, 2.45) is 11.7 Å². The fourth-order valence-electron chi connectivity index (χ4n) is 3.41. The molecule has 1 aromatic carbocycles. The van der Waals surface area contributed by atoms with Gasteiger partial charge in [-0.1, -0.05) is 12.1 Å². The number of imidazole rings is 1. The molecule has 4 rings (SSSR count). The first-order valence-corrected chi connectivity index (χ1v) is 7.51. The number of hydrogen-bond acceptors (Lipinski definition) is 4. The zero-order chi connectivity index (χ0) is 15.4. The minimum absolute atomic E-state index is 0.265. The highest BCUT2D eigenvalue weighted by atomic mass is 16.5. The Labute approximate surface area is 128 Å². The first-order valence-electron chi connectivity index (χ1n) is 7.51. The fraction of sp³-hybridized carbons (Fsp3) is 0.375. The van der Waals surface area contributed by atoms with Crippen LogP contribution in [0.25, 0.3) is 5.69 Å². The van der Waals surface area contributed by atoms with Crippen LogP contribution in [0.4, 0.5) is 5.69 Å². The second-order valence-electron chi connectivity index (χ2n) is 6.09. The van der Waals surface area contributed by atoms with E-state index in [1.807, 2.05) is 29.7 Å². The van der Waals surface area contributed by atoms with Gasteiger partial charge in [0.15, 0.2) is 0 Å². The van der Waals surface area contributed by atoms with E-state index in [-0.39, 0.29) is 11.8 Å². The Morgan fingerprint density at radius 3 is 2.68 bits per heavy atom. The molecule has 6 heteroatoms. The number of rotatable bonds is 3. The van der Waals surface area contributed by atoms with Crippen LogP contribution >= 0.6 is 0 Å². The lowest BCUT2D eigenvalue weighted by molar-refractivity contribution is -0.120. The average molecular weight is 297 g/mol. The van der Waals surface area contributed by atoms with Gasteiger partial charge in [-0.25, -0.2) is 4.98 Å². The normalized spacial score (nSPS) is 21.2. The number of hydrogen-bond donors (Lipinski definition) is 1. The third-order valence-electron chi connectivity index (χ3n) is 4.65. The van der Waals surface area contributed by atoms with Crippen LogP contribution in [0.5, 0.6) is 0 Å². The van der Waals surface area contributed by atoms with Crippen molar-refractivity contribution in [3.63, 3.8) is 0 Å². The van der Waals surface area contributed by atoms with E-state index in [4.69, 9.17) is 5.73 Å². The number of anilines is 1. The van der Waals surface area contributed by atoms with E-state index in [1.165, 1.54) is 0 Å². The molecule has 1 aromatic heterocycles. The van der Waals surface area contributed by atoms with Gasteiger partial charge in [-0.3, -0.25) is 9.36 Å². The lowest BCUT2D eigenvalue weighted by Gasteiger charge is -2.43. The Hall–Kier alpha value is -2.34. The Morgan fingerprint density at radius 2 is 2.05 bits per heavy atom. The molecule has 0 saturated heterocycles. The van der Waals surface area contributed by atoms with Crippen LogP contribution in [0, 0.1) is 11.1 Å². The molecule has 2 aromatic rings. The van der Waals surface area contributed by atoms with Gasteiger partial charge in [0.25, 0.3) is 0 Å². The molecule has 2 atom stereocenters. The predicted octanol–water partition coefficient (Wildman–Crippen LogP) is 2.23. The number of hydroxylamine groups is 1. The lowest BCUT2D eigenvalue weighted by Crippen LogP contribution is -2.31. The second kappa shape index (κ2) is 4.58. The highest BCUT2D eigenvalue weighted by Crippen LogP contribution is 2.46. The molecule has 2 N–H and O–H groups in total. The highest BCUT2D eigenvalue weighted by molar-refractivity contribution is 5.83. The summed E-state index contributed by atoms with van der Waals surface area (Å²) in [7, 11) is 0. The van der Waals surface area contributed by atoms with E-state index >= 15 is 0 Å². The number of carbonyl (C=O) groups is 1. The molecule has 114 valence electrons. The van der Waals surface area contributed by atoms with Gasteiger partial charge in [0.2, 0.25) is 5.91 Å². The molecule has 1 amide bonds. The minimum atomic E-state index is -0.395. The number of primary amides is 1. The summed E-state index contributed by atoms with van der Waals surface area (Å²) >= 11 is 0. The van der Waals surface area contributed by atoms with Crippen molar-refractivity contribution in [2.45, 2.75) is 31.7 Å². The van der Waals surface area contributed by atoms with E-state index in [0.717, 1.165) is 29.3 Å². The van der Waals surface area contributed by atoms with Crippen molar-refractivity contribution in [2.75, 3.05) is 5.06 Å². The van der Waals surface area contributed by atoms with Gasteiger partial charge < -0.3 is 16.0 Å². The Bertz CT molecular complexity index is 750. The molecule has 1 aliphatic carbocycles. The van der Waals surface area contributed by atoms with Crippen LogP contribution in [0.2, 0.25) is 0 Å². The molecule has 1 fully saturated rings. The summed E-state index contributed by atoms with van der Waals surface area (Å²) in [6.45, 7) is 1.84. The van der Waals surface area contributed by atoms with E-state index in [2.05, 4.69) is 4.98 Å². The number of benzene rings is 1. The third-order valence-corrected chi connectivity index (χ3v) is 4.65. The molecule has 2 heterocycles. The maximum atomic E-state index is 12.6. The maximum Gasteiger partial charge on any atom is 0.226 e. The molecule has 0 spiro atoms. The van der Waals surface area contributed by atoms with E-state index < -0.39 is 12.0 Å². The highest BCUT2D eigenvalue weighted by Gasteiger charge is 2.41. The van der Waals surface area contributed by atoms with Crippen molar-refractivity contribution in [1.29, 1.82) is 0 Å². The molecule has 1 saturated carbocycles. The second-order valence-corrected chi connectivity index (χ2v) is 6.09. The van der Waals surface area contributed by atoms with Crippen molar-refractivity contribution >= 4 is 11.6 Å². The summed E-state index contributed by atoms with van der Waals surface area (Å²) < 4.78 is 1.92. The number of aromatic nitrogens is 2. The summed E-state index contributed by atoms with van der Waals surface area (Å²) in [6, 6.07) is 7.02. The van der Waals surface area contributed by atoms with Crippen LogP contribution in [0.1, 0.15) is 43.1 Å². The minimum Gasteiger partial charge on any atom is -0.758 e. The first-order chi connectivity index (χ1) is 10.6. The molecule has 6 nitrogen and oxygen atoms in total. The molecular formula is C16H17N4O2-. The standard InChI is InChI=1S/C16H17N4O2/c1-9-15-14(13(16(17)21)10-6-7-10)18-8-19(15)11-4-2-3-5-12(11)20(9)22/h2-5,8-10,13H,6-7H2,1H3,(H2,17,21)/q-1. The van der Waals surface area contributed by atoms with E-state index in [1.54, 1.807) is 12.4 Å². The number of para-hydroxylation sites is 2. The van der Waals surface area contributed by atoms with Gasteiger partial charge in [0.1, 0.15) is 0 Å². The van der Waals surface area contributed by atoms with Gasteiger partial charge in [0.05, 0.1) is 41.0 Å². The average Bonchev–Trinajstić information content (AvgIpc) is 3.23. The summed E-state index contributed by atoms with van der Waals surface area (Å²) in [4.78, 5) is 16.3. The monoisotopic (exact) mass is 297 g/mol. The first kappa shape index (κ1) is 13.3. The fourth-order valence-corrected chi connectivity index (χ4v) is 3.41. The van der Waals surface area contributed by atoms with Crippen molar-refractivity contribution in [1.82, 2.24) is 9.55 Å². The lowest BCUT2D eigenvalue weighted by atomic mass is 9.94. The number of amides is 1. The zero-order valence-corrected chi connectivity index (χ0v) is 12.3. The molecule has 0 radical (unpaired) electrons. The van der Waals surface area contributed by atoms with Gasteiger partial charge in [0, 0.05) is 0 Å². The van der Waals surface area contributed by atoms with Crippen LogP contribution in [0.3, 0.4) is 0 Å². The topological polar surface area (TPSA) is 87.2 Å². The van der Waals surface area contributed by atoms with Gasteiger partial charge in [-0.05, 0) is 37.8 Å². The Morgan fingerprint density at radius 1 is 1.36 bits per heavy atom.